The molecule has 0 aliphatic carbocycles. The van der Waals surface area contributed by atoms with E-state index >= 15 is 0 Å². The molecule has 2 aliphatic heterocycles. The third kappa shape index (κ3) is 2.51. The van der Waals surface area contributed by atoms with Gasteiger partial charge in [0.25, 0.3) is 0 Å². The minimum absolute atomic E-state index is 0.672. The topological polar surface area (TPSA) is 29.3 Å². The number of hydrogen-bond acceptors (Lipinski definition) is 3. The van der Waals surface area contributed by atoms with Gasteiger partial charge in [-0.15, -0.1) is 11.8 Å². The number of rotatable bonds is 2. The molecule has 1 atom stereocenters. The number of thioether (sulfide) groups is 1. The second kappa shape index (κ2) is 5.30. The van der Waals surface area contributed by atoms with Crippen molar-refractivity contribution in [3.8, 4) is 0 Å². The molecule has 3 heteroatoms. The van der Waals surface area contributed by atoms with Crippen LogP contribution in [0.15, 0.2) is 47.4 Å². The van der Waals surface area contributed by atoms with Crippen molar-refractivity contribution in [2.45, 2.75) is 29.4 Å². The summed E-state index contributed by atoms with van der Waals surface area (Å²) in [6.07, 6.45) is 3.59. The van der Waals surface area contributed by atoms with Gasteiger partial charge in [0.05, 0.1) is 0 Å². The van der Waals surface area contributed by atoms with Crippen molar-refractivity contribution in [1.29, 1.82) is 0 Å². The van der Waals surface area contributed by atoms with Gasteiger partial charge in [0.1, 0.15) is 0 Å². The van der Waals surface area contributed by atoms with E-state index in [1.165, 1.54) is 41.1 Å². The highest BCUT2D eigenvalue weighted by Crippen LogP contribution is 2.38. The first-order valence-electron chi connectivity index (χ1n) is 7.67. The zero-order valence-corrected chi connectivity index (χ0v) is 12.9. The molecule has 4 rings (SSSR count). The van der Waals surface area contributed by atoms with Crippen LogP contribution >= 0.6 is 11.8 Å². The summed E-state index contributed by atoms with van der Waals surface area (Å²) in [7, 11) is 0. The Morgan fingerprint density at radius 3 is 2.95 bits per heavy atom. The summed E-state index contributed by atoms with van der Waals surface area (Å²) < 4.78 is 0. The van der Waals surface area contributed by atoms with Crippen LogP contribution in [0.5, 0.6) is 0 Å². The molecule has 0 saturated heterocycles. The molecule has 0 amide bonds. The predicted molar refractivity (Wildman–Crippen MR) is 91.2 cm³/mol. The summed E-state index contributed by atoms with van der Waals surface area (Å²) in [5.74, 6) is 0. The van der Waals surface area contributed by atoms with E-state index in [-0.39, 0.29) is 0 Å². The number of nitrogens with two attached hydrogens (primary N) is 1. The van der Waals surface area contributed by atoms with E-state index in [9.17, 15) is 0 Å². The van der Waals surface area contributed by atoms with Gasteiger partial charge in [-0.3, -0.25) is 0 Å². The maximum atomic E-state index is 5.93. The molecule has 0 radical (unpaired) electrons. The lowest BCUT2D eigenvalue weighted by molar-refractivity contribution is 0.675. The average Bonchev–Trinajstić information content (AvgIpc) is 2.89. The molecule has 2 nitrogen and oxygen atoms in total. The minimum Gasteiger partial charge on any atom is -0.399 e. The van der Waals surface area contributed by atoms with Gasteiger partial charge in [0.2, 0.25) is 0 Å². The van der Waals surface area contributed by atoms with E-state index in [4.69, 9.17) is 5.73 Å². The quantitative estimate of drug-likeness (QED) is 0.856. The molecule has 1 unspecified atom stereocenters. The lowest BCUT2D eigenvalue weighted by Crippen LogP contribution is -2.35. The second-order valence-corrected chi connectivity index (χ2v) is 7.33. The zero-order valence-electron chi connectivity index (χ0n) is 12.1. The third-order valence-corrected chi connectivity index (χ3v) is 5.76. The van der Waals surface area contributed by atoms with Gasteiger partial charge in [-0.05, 0) is 54.7 Å². The average molecular weight is 296 g/mol. The number of fused-ring (bicyclic) bond motifs is 2. The molecule has 2 aromatic carbocycles. The van der Waals surface area contributed by atoms with E-state index in [1.807, 2.05) is 17.8 Å². The van der Waals surface area contributed by atoms with Crippen LogP contribution in [0, 0.1) is 0 Å². The fraction of sp³-hybridized carbons (Fsp3) is 0.333. The monoisotopic (exact) mass is 296 g/mol. The Hall–Kier alpha value is -1.61. The SMILES string of the molecule is Nc1ccc2c(c1)CCCN2CC1Cc2ccccc2S1. The highest BCUT2D eigenvalue weighted by molar-refractivity contribution is 8.00. The maximum Gasteiger partial charge on any atom is 0.0400 e. The molecular weight excluding hydrogens is 276 g/mol. The summed E-state index contributed by atoms with van der Waals surface area (Å²) in [5, 5.41) is 0.672. The summed E-state index contributed by atoms with van der Waals surface area (Å²) in [6, 6.07) is 15.2. The third-order valence-electron chi connectivity index (χ3n) is 4.46. The van der Waals surface area contributed by atoms with E-state index in [0.717, 1.165) is 18.7 Å². The van der Waals surface area contributed by atoms with Crippen LogP contribution in [-0.4, -0.2) is 18.3 Å². The van der Waals surface area contributed by atoms with Crippen molar-refractivity contribution < 1.29 is 0 Å². The maximum absolute atomic E-state index is 5.93. The van der Waals surface area contributed by atoms with Gasteiger partial charge in [-0.2, -0.15) is 0 Å². The van der Waals surface area contributed by atoms with Crippen molar-refractivity contribution in [3.63, 3.8) is 0 Å². The number of hydrogen-bond donors (Lipinski definition) is 1. The molecule has 21 heavy (non-hydrogen) atoms. The number of nitrogens with zero attached hydrogens (tertiary/aromatic N) is 1. The number of benzene rings is 2. The largest absolute Gasteiger partial charge is 0.399 e. The first-order valence-corrected chi connectivity index (χ1v) is 8.55. The summed E-state index contributed by atoms with van der Waals surface area (Å²) in [5.41, 5.74) is 11.1. The lowest BCUT2D eigenvalue weighted by atomic mass is 10.0. The summed E-state index contributed by atoms with van der Waals surface area (Å²) in [4.78, 5) is 4.03. The molecule has 2 N–H and O–H groups in total. The number of anilines is 2. The van der Waals surface area contributed by atoms with Gasteiger partial charge < -0.3 is 10.6 Å². The molecular formula is C18H20N2S. The van der Waals surface area contributed by atoms with Crippen molar-refractivity contribution in [2.75, 3.05) is 23.7 Å². The van der Waals surface area contributed by atoms with Crippen LogP contribution in [0.4, 0.5) is 11.4 Å². The van der Waals surface area contributed by atoms with E-state index in [1.54, 1.807) is 0 Å². The fourth-order valence-corrected chi connectivity index (χ4v) is 4.82. The highest BCUT2D eigenvalue weighted by atomic mass is 32.2. The van der Waals surface area contributed by atoms with Crippen LogP contribution in [0.1, 0.15) is 17.5 Å². The van der Waals surface area contributed by atoms with E-state index < -0.39 is 0 Å². The zero-order chi connectivity index (χ0) is 14.2. The van der Waals surface area contributed by atoms with Crippen LogP contribution in [0.2, 0.25) is 0 Å². The molecule has 0 bridgehead atoms. The first-order chi connectivity index (χ1) is 10.3. The molecule has 2 aromatic rings. The van der Waals surface area contributed by atoms with Gasteiger partial charge in [0, 0.05) is 34.6 Å². The standard InChI is InChI=1S/C18H20N2S/c19-15-7-8-17-13(10-15)5-3-9-20(17)12-16-11-14-4-1-2-6-18(14)21-16/h1-2,4,6-8,10,16H,3,5,9,11-12,19H2. The fourth-order valence-electron chi connectivity index (χ4n) is 3.49. The Bertz CT molecular complexity index is 643. The number of aryl methyl sites for hydroxylation is 1. The van der Waals surface area contributed by atoms with E-state index in [0.29, 0.717) is 5.25 Å². The van der Waals surface area contributed by atoms with Crippen LogP contribution < -0.4 is 10.6 Å². The van der Waals surface area contributed by atoms with Crippen molar-refractivity contribution in [2.24, 2.45) is 0 Å². The van der Waals surface area contributed by atoms with Crippen molar-refractivity contribution in [1.82, 2.24) is 0 Å². The predicted octanol–water partition coefficient (Wildman–Crippen LogP) is 3.74. The highest BCUT2D eigenvalue weighted by Gasteiger charge is 2.26. The molecule has 0 aromatic heterocycles. The molecule has 0 spiro atoms. The van der Waals surface area contributed by atoms with Crippen molar-refractivity contribution in [3.05, 3.63) is 53.6 Å². The molecule has 0 fully saturated rings. The first kappa shape index (κ1) is 13.1. The van der Waals surface area contributed by atoms with Gasteiger partial charge in [-0.1, -0.05) is 18.2 Å². The van der Waals surface area contributed by atoms with Gasteiger partial charge in [0.15, 0.2) is 0 Å². The van der Waals surface area contributed by atoms with Gasteiger partial charge >= 0.3 is 0 Å². The van der Waals surface area contributed by atoms with Crippen molar-refractivity contribution >= 4 is 23.1 Å². The molecule has 2 aliphatic rings. The Morgan fingerprint density at radius 1 is 1.14 bits per heavy atom. The Balaban J connectivity index is 1.53. The smallest absolute Gasteiger partial charge is 0.0400 e. The summed E-state index contributed by atoms with van der Waals surface area (Å²) >= 11 is 2.04. The Kier molecular flexibility index (Phi) is 3.30. The van der Waals surface area contributed by atoms with Crippen LogP contribution in [-0.2, 0) is 12.8 Å². The molecule has 2 heterocycles. The van der Waals surface area contributed by atoms with Gasteiger partial charge in [-0.25, -0.2) is 0 Å². The van der Waals surface area contributed by atoms with Crippen LogP contribution in [0.3, 0.4) is 0 Å². The van der Waals surface area contributed by atoms with Crippen LogP contribution in [0.25, 0.3) is 0 Å². The summed E-state index contributed by atoms with van der Waals surface area (Å²) in [6.45, 7) is 2.31. The second-order valence-electron chi connectivity index (χ2n) is 5.99. The normalized spacial score (nSPS) is 20.2. The Morgan fingerprint density at radius 2 is 2.05 bits per heavy atom. The number of nitrogen functional groups attached to an aromatic ring is 1. The Labute approximate surface area is 130 Å². The van der Waals surface area contributed by atoms with E-state index in [2.05, 4.69) is 41.3 Å². The molecule has 108 valence electrons. The lowest BCUT2D eigenvalue weighted by Gasteiger charge is -2.33. The molecule has 0 saturated carbocycles. The minimum atomic E-state index is 0.672.